The van der Waals surface area contributed by atoms with Crippen molar-refractivity contribution in [1.82, 2.24) is 14.4 Å². The molecule has 8 rings (SSSR count). The lowest BCUT2D eigenvalue weighted by Gasteiger charge is -2.15. The minimum Gasteiger partial charge on any atom is -0.276 e. The van der Waals surface area contributed by atoms with Crippen LogP contribution in [0.1, 0.15) is 5.56 Å². The van der Waals surface area contributed by atoms with Gasteiger partial charge in [-0.1, -0.05) is 97.1 Å². The number of para-hydroxylation sites is 3. The topological polar surface area (TPSA) is 30.2 Å². The predicted octanol–water partition coefficient (Wildman–Crippen LogP) is 8.98. The largest absolute Gasteiger partial charge is 0.276 e. The molecule has 6 aromatic carbocycles. The van der Waals surface area contributed by atoms with Gasteiger partial charge < -0.3 is 0 Å². The summed E-state index contributed by atoms with van der Waals surface area (Å²) in [5.74, 6) is 0.901. The van der Waals surface area contributed by atoms with Crippen LogP contribution < -0.4 is 0 Å². The Morgan fingerprint density at radius 2 is 1.00 bits per heavy atom. The highest BCUT2D eigenvalue weighted by Crippen LogP contribution is 2.39. The van der Waals surface area contributed by atoms with E-state index in [4.69, 9.17) is 9.97 Å². The van der Waals surface area contributed by atoms with Gasteiger partial charge in [0.15, 0.2) is 0 Å². The summed E-state index contributed by atoms with van der Waals surface area (Å²) in [6, 6.07) is 42.9. The van der Waals surface area contributed by atoms with E-state index in [2.05, 4.69) is 114 Å². The fourth-order valence-electron chi connectivity index (χ4n) is 5.98. The van der Waals surface area contributed by atoms with Crippen LogP contribution in [0.25, 0.3) is 71.6 Å². The van der Waals surface area contributed by atoms with E-state index >= 15 is 0 Å². The lowest BCUT2D eigenvalue weighted by molar-refractivity contribution is 1.16. The molecule has 0 radical (unpaired) electrons. The Labute approximate surface area is 219 Å². The summed E-state index contributed by atoms with van der Waals surface area (Å²) < 4.78 is 2.20. The van der Waals surface area contributed by atoms with Crippen molar-refractivity contribution >= 4 is 49.1 Å². The minimum absolute atomic E-state index is 0.901. The fraction of sp³-hybridized carbons (Fsp3) is 0.0286. The molecule has 0 amide bonds. The van der Waals surface area contributed by atoms with Crippen molar-refractivity contribution in [3.63, 3.8) is 0 Å². The Morgan fingerprint density at radius 3 is 1.68 bits per heavy atom. The predicted molar refractivity (Wildman–Crippen MR) is 159 cm³/mol. The highest BCUT2D eigenvalue weighted by atomic mass is 15.1. The van der Waals surface area contributed by atoms with E-state index in [1.165, 1.54) is 38.2 Å². The number of imidazole rings is 1. The van der Waals surface area contributed by atoms with Crippen molar-refractivity contribution in [1.29, 1.82) is 0 Å². The number of fused-ring (bicyclic) bond motifs is 7. The van der Waals surface area contributed by atoms with Crippen LogP contribution in [0.3, 0.4) is 0 Å². The average Bonchev–Trinajstić information content (AvgIpc) is 3.38. The summed E-state index contributed by atoms with van der Waals surface area (Å²) in [6.45, 7) is 2.23. The van der Waals surface area contributed by atoms with Crippen molar-refractivity contribution < 1.29 is 0 Å². The highest BCUT2D eigenvalue weighted by Gasteiger charge is 2.16. The van der Waals surface area contributed by atoms with Crippen molar-refractivity contribution in [2.75, 3.05) is 0 Å². The molecule has 0 spiro atoms. The summed E-state index contributed by atoms with van der Waals surface area (Å²) in [6.07, 6.45) is 0. The van der Waals surface area contributed by atoms with Gasteiger partial charge in [-0.3, -0.25) is 4.40 Å². The molecule has 38 heavy (non-hydrogen) atoms. The number of nitrogens with zero attached hydrogens (tertiary/aromatic N) is 3. The maximum absolute atomic E-state index is 5.13. The van der Waals surface area contributed by atoms with Gasteiger partial charge in [0.25, 0.3) is 0 Å². The summed E-state index contributed by atoms with van der Waals surface area (Å²) in [7, 11) is 0. The molecule has 0 N–H and O–H groups in total. The van der Waals surface area contributed by atoms with Crippen LogP contribution in [-0.2, 0) is 0 Å². The van der Waals surface area contributed by atoms with Gasteiger partial charge in [0.2, 0.25) is 0 Å². The molecule has 2 aromatic heterocycles. The van der Waals surface area contributed by atoms with Gasteiger partial charge in [0.1, 0.15) is 11.5 Å². The molecule has 0 unspecified atom stereocenters. The lowest BCUT2D eigenvalue weighted by Crippen LogP contribution is -1.98. The molecule has 0 aliphatic rings. The first-order valence-corrected chi connectivity index (χ1v) is 12.9. The van der Waals surface area contributed by atoms with Crippen molar-refractivity contribution in [2.24, 2.45) is 0 Å². The normalized spacial score (nSPS) is 11.8. The van der Waals surface area contributed by atoms with Crippen molar-refractivity contribution in [3.05, 3.63) is 127 Å². The van der Waals surface area contributed by atoms with Gasteiger partial charge in [0, 0.05) is 10.9 Å². The molecule has 0 atom stereocenters. The molecule has 0 aliphatic heterocycles. The number of hydrogen-bond acceptors (Lipinski definition) is 2. The molecule has 0 saturated carbocycles. The van der Waals surface area contributed by atoms with Gasteiger partial charge in [-0.05, 0) is 69.4 Å². The number of rotatable bonds is 2. The van der Waals surface area contributed by atoms with Gasteiger partial charge in [0.05, 0.1) is 16.6 Å². The third-order valence-corrected chi connectivity index (χ3v) is 7.78. The average molecular weight is 486 g/mol. The summed E-state index contributed by atoms with van der Waals surface area (Å²) in [5, 5.41) is 6.22. The molecule has 0 bridgehead atoms. The Kier molecular flexibility index (Phi) is 4.44. The third-order valence-electron chi connectivity index (χ3n) is 7.78. The number of hydrogen-bond donors (Lipinski definition) is 0. The SMILES string of the molecule is Cc1c2ccccc2c(-c2ccc(-c3nc4ccccc4c4nc5ccccc5n34)cc2)c2ccccc12. The quantitative estimate of drug-likeness (QED) is 0.229. The summed E-state index contributed by atoms with van der Waals surface area (Å²) in [5.41, 5.74) is 8.79. The zero-order valence-corrected chi connectivity index (χ0v) is 20.9. The summed E-state index contributed by atoms with van der Waals surface area (Å²) in [4.78, 5) is 10.1. The van der Waals surface area contributed by atoms with E-state index in [0.29, 0.717) is 0 Å². The molecule has 2 heterocycles. The summed E-state index contributed by atoms with van der Waals surface area (Å²) >= 11 is 0. The van der Waals surface area contributed by atoms with Crippen molar-refractivity contribution in [3.8, 4) is 22.5 Å². The van der Waals surface area contributed by atoms with Crippen LogP contribution >= 0.6 is 0 Å². The Hall–Kier alpha value is -5.02. The van der Waals surface area contributed by atoms with Gasteiger partial charge in [-0.15, -0.1) is 0 Å². The van der Waals surface area contributed by atoms with Crippen LogP contribution in [-0.4, -0.2) is 14.4 Å². The Morgan fingerprint density at radius 1 is 0.474 bits per heavy atom. The van der Waals surface area contributed by atoms with Crippen LogP contribution in [0.15, 0.2) is 121 Å². The van der Waals surface area contributed by atoms with E-state index in [-0.39, 0.29) is 0 Å². The van der Waals surface area contributed by atoms with Gasteiger partial charge >= 0.3 is 0 Å². The van der Waals surface area contributed by atoms with E-state index < -0.39 is 0 Å². The van der Waals surface area contributed by atoms with Crippen LogP contribution in [0.5, 0.6) is 0 Å². The number of aromatic nitrogens is 3. The third kappa shape index (κ3) is 2.96. The number of benzene rings is 6. The molecular weight excluding hydrogens is 462 g/mol. The molecule has 0 fully saturated rings. The molecule has 3 heteroatoms. The maximum atomic E-state index is 5.13. The standard InChI is InChI=1S/C35H23N3/c1-22-25-10-2-4-12-27(25)33(28-13-5-3-11-26(22)28)23-18-20-24(21-19-23)34-36-30-15-7-6-14-29(30)35-37-31-16-8-9-17-32(31)38(34)35/h2-21H,1H3. The zero-order valence-electron chi connectivity index (χ0n) is 20.9. The zero-order chi connectivity index (χ0) is 25.2. The molecule has 8 aromatic rings. The van der Waals surface area contributed by atoms with Gasteiger partial charge in [-0.2, -0.15) is 0 Å². The monoisotopic (exact) mass is 485 g/mol. The van der Waals surface area contributed by atoms with Crippen LogP contribution in [0.2, 0.25) is 0 Å². The second-order valence-electron chi connectivity index (χ2n) is 9.88. The van der Waals surface area contributed by atoms with Crippen molar-refractivity contribution in [2.45, 2.75) is 6.92 Å². The lowest BCUT2D eigenvalue weighted by atomic mass is 9.89. The highest BCUT2D eigenvalue weighted by molar-refractivity contribution is 6.15. The smallest absolute Gasteiger partial charge is 0.149 e. The van der Waals surface area contributed by atoms with Crippen LogP contribution in [0, 0.1) is 6.92 Å². The number of aryl methyl sites for hydroxylation is 1. The molecule has 3 nitrogen and oxygen atoms in total. The van der Waals surface area contributed by atoms with E-state index in [0.717, 1.165) is 39.0 Å². The second kappa shape index (κ2) is 7.99. The Balaban J connectivity index is 1.39. The molecule has 0 saturated heterocycles. The maximum Gasteiger partial charge on any atom is 0.149 e. The van der Waals surface area contributed by atoms with Crippen LogP contribution in [0.4, 0.5) is 0 Å². The fourth-order valence-corrected chi connectivity index (χ4v) is 5.98. The first kappa shape index (κ1) is 21.1. The minimum atomic E-state index is 0.901. The first-order valence-electron chi connectivity index (χ1n) is 12.9. The molecule has 0 aliphatic carbocycles. The van der Waals surface area contributed by atoms with Gasteiger partial charge in [-0.25, -0.2) is 9.97 Å². The first-order chi connectivity index (χ1) is 18.8. The molecular formula is C35H23N3. The van der Waals surface area contributed by atoms with E-state index in [1.54, 1.807) is 0 Å². The van der Waals surface area contributed by atoms with E-state index in [1.807, 2.05) is 18.2 Å². The molecule has 178 valence electrons. The Bertz CT molecular complexity index is 2130. The second-order valence-corrected chi connectivity index (χ2v) is 9.88. The van der Waals surface area contributed by atoms with E-state index in [9.17, 15) is 0 Å².